The summed E-state index contributed by atoms with van der Waals surface area (Å²) in [6.07, 6.45) is 7.18. The van der Waals surface area contributed by atoms with Crippen molar-refractivity contribution >= 4 is 23.3 Å². The predicted molar refractivity (Wildman–Crippen MR) is 82.8 cm³/mol. The second kappa shape index (κ2) is 9.55. The highest BCUT2D eigenvalue weighted by molar-refractivity contribution is 6.29. The number of carbonyl (C=O) groups is 1. The Morgan fingerprint density at radius 2 is 1.95 bits per heavy atom. The van der Waals surface area contributed by atoms with Crippen molar-refractivity contribution in [3.8, 4) is 0 Å². The van der Waals surface area contributed by atoms with Crippen molar-refractivity contribution in [3.05, 3.63) is 22.8 Å². The van der Waals surface area contributed by atoms with Crippen molar-refractivity contribution < 1.29 is 4.79 Å². The number of rotatable bonds is 9. The van der Waals surface area contributed by atoms with Gasteiger partial charge in [0.1, 0.15) is 11.0 Å². The quantitative estimate of drug-likeness (QED) is 0.283. The van der Waals surface area contributed by atoms with Gasteiger partial charge in [0.2, 0.25) is 0 Å². The molecule has 0 spiro atoms. The number of hydrogen-bond donors (Lipinski definition) is 3. The maximum absolute atomic E-state index is 11.9. The Labute approximate surface area is 125 Å². The third kappa shape index (κ3) is 6.21. The first-order chi connectivity index (χ1) is 9.67. The van der Waals surface area contributed by atoms with Gasteiger partial charge >= 0.3 is 0 Å². The number of nitrogens with zero attached hydrogens (tertiary/aromatic N) is 1. The van der Waals surface area contributed by atoms with Crippen LogP contribution in [-0.4, -0.2) is 17.4 Å². The van der Waals surface area contributed by atoms with Gasteiger partial charge in [0.05, 0.1) is 0 Å². The number of nitrogen functional groups attached to an aromatic ring is 1. The Hall–Kier alpha value is -1.33. The first kappa shape index (κ1) is 16.7. The zero-order valence-electron chi connectivity index (χ0n) is 11.9. The number of hydrogen-bond acceptors (Lipinski definition) is 4. The number of pyridine rings is 1. The summed E-state index contributed by atoms with van der Waals surface area (Å²) in [4.78, 5) is 15.9. The highest BCUT2D eigenvalue weighted by Crippen LogP contribution is 2.13. The van der Waals surface area contributed by atoms with Gasteiger partial charge in [-0.05, 0) is 18.6 Å². The van der Waals surface area contributed by atoms with Gasteiger partial charge in [0.25, 0.3) is 5.91 Å². The normalized spacial score (nSPS) is 10.3. The van der Waals surface area contributed by atoms with Crippen LogP contribution in [0.4, 0.5) is 5.82 Å². The second-order valence-corrected chi connectivity index (χ2v) is 5.12. The number of hydrazine groups is 1. The lowest BCUT2D eigenvalue weighted by Gasteiger charge is -2.07. The van der Waals surface area contributed by atoms with Gasteiger partial charge in [-0.2, -0.15) is 0 Å². The third-order valence-corrected chi connectivity index (χ3v) is 3.21. The van der Waals surface area contributed by atoms with Crippen LogP contribution in [0.15, 0.2) is 12.1 Å². The molecule has 1 rings (SSSR count). The van der Waals surface area contributed by atoms with Crippen LogP contribution in [0.25, 0.3) is 0 Å². The molecule has 1 heterocycles. The molecule has 0 unspecified atom stereocenters. The zero-order valence-corrected chi connectivity index (χ0v) is 12.7. The lowest BCUT2D eigenvalue weighted by Crippen LogP contribution is -2.24. The number of unbranched alkanes of at least 4 members (excludes halogenated alkanes) is 5. The fourth-order valence-electron chi connectivity index (χ4n) is 1.91. The molecule has 0 saturated heterocycles. The summed E-state index contributed by atoms with van der Waals surface area (Å²) in [7, 11) is 0. The van der Waals surface area contributed by atoms with Crippen molar-refractivity contribution in [2.75, 3.05) is 12.0 Å². The maximum Gasteiger partial charge on any atom is 0.251 e. The molecule has 0 aliphatic heterocycles. The molecule has 5 nitrogen and oxygen atoms in total. The molecule has 0 bridgehead atoms. The predicted octanol–water partition coefficient (Wildman–Crippen LogP) is 3.11. The van der Waals surface area contributed by atoms with Crippen LogP contribution in [-0.2, 0) is 0 Å². The van der Waals surface area contributed by atoms with Crippen LogP contribution in [0.5, 0.6) is 0 Å². The summed E-state index contributed by atoms with van der Waals surface area (Å²) in [5, 5.41) is 3.12. The van der Waals surface area contributed by atoms with Crippen LogP contribution in [0.2, 0.25) is 5.15 Å². The Morgan fingerprint density at radius 1 is 1.25 bits per heavy atom. The third-order valence-electron chi connectivity index (χ3n) is 3.02. The molecule has 20 heavy (non-hydrogen) atoms. The van der Waals surface area contributed by atoms with Gasteiger partial charge in [-0.25, -0.2) is 10.8 Å². The number of nitrogens with two attached hydrogens (primary N) is 1. The summed E-state index contributed by atoms with van der Waals surface area (Å²) in [6, 6.07) is 3.10. The van der Waals surface area contributed by atoms with E-state index in [4.69, 9.17) is 17.4 Å². The molecule has 0 atom stereocenters. The Balaban J connectivity index is 2.30. The largest absolute Gasteiger partial charge is 0.352 e. The zero-order chi connectivity index (χ0) is 14.8. The molecule has 4 N–H and O–H groups in total. The van der Waals surface area contributed by atoms with E-state index in [-0.39, 0.29) is 11.1 Å². The minimum atomic E-state index is -0.153. The molecular formula is C14H23ClN4O. The highest BCUT2D eigenvalue weighted by atomic mass is 35.5. The molecule has 112 valence electrons. The molecular weight excluding hydrogens is 276 g/mol. The lowest BCUT2D eigenvalue weighted by molar-refractivity contribution is 0.0953. The summed E-state index contributed by atoms with van der Waals surface area (Å²) in [5.41, 5.74) is 2.85. The van der Waals surface area contributed by atoms with Crippen LogP contribution in [0.3, 0.4) is 0 Å². The fourth-order valence-corrected chi connectivity index (χ4v) is 2.12. The van der Waals surface area contributed by atoms with E-state index < -0.39 is 0 Å². The number of nitrogens with one attached hydrogen (secondary N) is 2. The highest BCUT2D eigenvalue weighted by Gasteiger charge is 2.08. The molecule has 0 aromatic carbocycles. The first-order valence-electron chi connectivity index (χ1n) is 7.09. The topological polar surface area (TPSA) is 80.0 Å². The van der Waals surface area contributed by atoms with E-state index in [1.807, 2.05) is 0 Å². The van der Waals surface area contributed by atoms with Gasteiger partial charge in [-0.1, -0.05) is 50.6 Å². The summed E-state index contributed by atoms with van der Waals surface area (Å²) < 4.78 is 0. The number of halogens is 1. The van der Waals surface area contributed by atoms with Crippen LogP contribution in [0, 0.1) is 0 Å². The monoisotopic (exact) mass is 298 g/mol. The summed E-state index contributed by atoms with van der Waals surface area (Å²) in [6.45, 7) is 2.88. The van der Waals surface area contributed by atoms with Crippen molar-refractivity contribution in [2.45, 2.75) is 45.4 Å². The number of anilines is 1. The van der Waals surface area contributed by atoms with Gasteiger partial charge in [-0.15, -0.1) is 0 Å². The van der Waals surface area contributed by atoms with Crippen molar-refractivity contribution in [1.82, 2.24) is 10.3 Å². The van der Waals surface area contributed by atoms with E-state index in [1.54, 1.807) is 6.07 Å². The standard InChI is InChI=1S/C14H23ClN4O/c1-2-3-4-5-6-7-8-17-14(20)11-9-12(15)18-13(10-11)19-16/h9-10H,2-8,16H2,1H3,(H,17,20)(H,18,19). The van der Waals surface area contributed by atoms with Crippen molar-refractivity contribution in [2.24, 2.45) is 5.84 Å². The van der Waals surface area contributed by atoms with Crippen LogP contribution in [0.1, 0.15) is 55.8 Å². The van der Waals surface area contributed by atoms with Crippen LogP contribution < -0.4 is 16.6 Å². The smallest absolute Gasteiger partial charge is 0.251 e. The van der Waals surface area contributed by atoms with Gasteiger partial charge in [0, 0.05) is 12.1 Å². The number of carbonyl (C=O) groups excluding carboxylic acids is 1. The van der Waals surface area contributed by atoms with E-state index in [9.17, 15) is 4.79 Å². The molecule has 0 fully saturated rings. The Bertz CT molecular complexity index is 426. The van der Waals surface area contributed by atoms with Crippen LogP contribution >= 0.6 is 11.6 Å². The fraction of sp³-hybridized carbons (Fsp3) is 0.571. The van der Waals surface area contributed by atoms with E-state index in [1.165, 1.54) is 31.7 Å². The SMILES string of the molecule is CCCCCCCCNC(=O)c1cc(Cl)nc(NN)c1. The summed E-state index contributed by atoms with van der Waals surface area (Å²) in [5.74, 6) is 5.49. The average molecular weight is 299 g/mol. The van der Waals surface area contributed by atoms with Crippen molar-refractivity contribution in [1.29, 1.82) is 0 Å². The van der Waals surface area contributed by atoms with E-state index in [0.29, 0.717) is 17.9 Å². The second-order valence-electron chi connectivity index (χ2n) is 4.73. The number of aromatic nitrogens is 1. The minimum absolute atomic E-state index is 0.153. The maximum atomic E-state index is 11.9. The van der Waals surface area contributed by atoms with Crippen molar-refractivity contribution in [3.63, 3.8) is 0 Å². The van der Waals surface area contributed by atoms with E-state index in [2.05, 4.69) is 22.7 Å². The van der Waals surface area contributed by atoms with E-state index in [0.717, 1.165) is 12.8 Å². The van der Waals surface area contributed by atoms with Gasteiger partial charge in [-0.3, -0.25) is 4.79 Å². The lowest BCUT2D eigenvalue weighted by atomic mass is 10.1. The molecule has 1 amide bonds. The molecule has 0 aliphatic rings. The van der Waals surface area contributed by atoms with Gasteiger partial charge < -0.3 is 10.7 Å². The van der Waals surface area contributed by atoms with E-state index >= 15 is 0 Å². The molecule has 0 saturated carbocycles. The molecule has 6 heteroatoms. The van der Waals surface area contributed by atoms with Gasteiger partial charge in [0.15, 0.2) is 0 Å². The minimum Gasteiger partial charge on any atom is -0.352 e. The number of amides is 1. The molecule has 1 aromatic heterocycles. The summed E-state index contributed by atoms with van der Waals surface area (Å²) >= 11 is 5.82. The molecule has 0 radical (unpaired) electrons. The molecule has 1 aromatic rings. The first-order valence-corrected chi connectivity index (χ1v) is 7.47. The molecule has 0 aliphatic carbocycles. The Morgan fingerprint density at radius 3 is 2.65 bits per heavy atom. The Kier molecular flexibility index (Phi) is 7.99. The average Bonchev–Trinajstić information content (AvgIpc) is 2.45.